The lowest BCUT2D eigenvalue weighted by molar-refractivity contribution is -0.198. The van der Waals surface area contributed by atoms with Crippen molar-refractivity contribution in [2.75, 3.05) is 11.9 Å². The fourth-order valence-electron chi connectivity index (χ4n) is 6.54. The maximum atomic E-state index is 13.0. The molecule has 1 unspecified atom stereocenters. The molecule has 0 radical (unpaired) electrons. The number of carbonyl (C=O) groups excluding carboxylic acids is 2. The zero-order chi connectivity index (χ0) is 23.5. The van der Waals surface area contributed by atoms with Gasteiger partial charge in [-0.2, -0.15) is 0 Å². The van der Waals surface area contributed by atoms with Gasteiger partial charge in [-0.15, -0.1) is 0 Å². The van der Waals surface area contributed by atoms with Crippen LogP contribution in [0.1, 0.15) is 70.4 Å². The highest BCUT2D eigenvalue weighted by Gasteiger charge is 2.51. The number of nitrogens with zero attached hydrogens (tertiary/aromatic N) is 2. The van der Waals surface area contributed by atoms with Crippen LogP contribution < -0.4 is 16.1 Å². The smallest absolute Gasteiger partial charge is 0.267 e. The van der Waals surface area contributed by atoms with Crippen LogP contribution in [0, 0.1) is 17.8 Å². The van der Waals surface area contributed by atoms with Crippen LogP contribution in [0.15, 0.2) is 18.5 Å². The zero-order valence-electron chi connectivity index (χ0n) is 19.8. The van der Waals surface area contributed by atoms with Crippen molar-refractivity contribution in [1.82, 2.24) is 20.8 Å². The molecular weight excluding hydrogens is 434 g/mol. The van der Waals surface area contributed by atoms with Gasteiger partial charge in [0.1, 0.15) is 11.9 Å². The number of amides is 2. The van der Waals surface area contributed by atoms with Gasteiger partial charge in [0.05, 0.1) is 18.1 Å². The van der Waals surface area contributed by atoms with E-state index >= 15 is 0 Å². The number of hydrogen-bond donors (Lipinski definition) is 3. The molecule has 0 spiro atoms. The number of rotatable bonds is 8. The number of anilines is 1. The molecule has 0 aromatic carbocycles. The second kappa shape index (κ2) is 10.00. The van der Waals surface area contributed by atoms with E-state index in [0.29, 0.717) is 18.1 Å². The van der Waals surface area contributed by atoms with E-state index in [1.807, 2.05) is 6.92 Å². The Morgan fingerprint density at radius 1 is 1.12 bits per heavy atom. The van der Waals surface area contributed by atoms with E-state index in [1.54, 1.807) is 18.5 Å². The lowest BCUT2D eigenvalue weighted by Gasteiger charge is -2.57. The van der Waals surface area contributed by atoms with Gasteiger partial charge in [0, 0.05) is 24.6 Å². The Hall–Kier alpha value is -2.52. The number of hydrogen-bond acceptors (Lipinski definition) is 7. The summed E-state index contributed by atoms with van der Waals surface area (Å²) >= 11 is 0. The maximum Gasteiger partial charge on any atom is 0.267 e. The minimum absolute atomic E-state index is 0.00446. The van der Waals surface area contributed by atoms with Crippen LogP contribution in [0.2, 0.25) is 0 Å². The van der Waals surface area contributed by atoms with Crippen molar-refractivity contribution in [1.29, 1.82) is 0 Å². The first-order valence-corrected chi connectivity index (χ1v) is 12.6. The Balaban J connectivity index is 1.08. The molecular formula is C25H35N5O4. The van der Waals surface area contributed by atoms with Crippen molar-refractivity contribution in [3.05, 3.63) is 24.2 Å². The number of aromatic nitrogens is 2. The van der Waals surface area contributed by atoms with Gasteiger partial charge in [0.25, 0.3) is 5.91 Å². The predicted molar refractivity (Wildman–Crippen MR) is 126 cm³/mol. The molecule has 4 bridgehead atoms. The van der Waals surface area contributed by atoms with Gasteiger partial charge in [-0.05, 0) is 82.1 Å². The van der Waals surface area contributed by atoms with Crippen molar-refractivity contribution in [2.24, 2.45) is 17.8 Å². The fraction of sp³-hybridized carbons (Fsp3) is 0.680. The first kappa shape index (κ1) is 23.2. The average Bonchev–Trinajstić information content (AvgIpc) is 2.82. The summed E-state index contributed by atoms with van der Waals surface area (Å²) in [6, 6.07) is -0.409. The van der Waals surface area contributed by atoms with E-state index in [0.717, 1.165) is 56.3 Å². The normalized spacial score (nSPS) is 33.0. The quantitative estimate of drug-likeness (QED) is 0.396. The Morgan fingerprint density at radius 2 is 1.85 bits per heavy atom. The Labute approximate surface area is 200 Å². The van der Waals surface area contributed by atoms with Crippen LogP contribution in [0.5, 0.6) is 0 Å². The molecule has 5 aliphatic rings. The standard InChI is InChI=1S/C25H35N5O4/c1-16(24(32)29-25-11-17-8-18(12-25)10-19(9-17)13-25)28-21-15-26-20(14-27-21)5-6-22(31)30-34-23-4-2-3-7-33-23/h5-6,14-19,23H,2-4,7-13H2,1H3,(H,27,28)(H,29,32)(H,30,31)/b6-5+/t16-,17?,18?,19?,23?,25?/m1/s1. The molecule has 5 fully saturated rings. The molecule has 4 aliphatic carbocycles. The van der Waals surface area contributed by atoms with E-state index < -0.39 is 18.2 Å². The van der Waals surface area contributed by atoms with Crippen molar-refractivity contribution in [2.45, 2.75) is 82.6 Å². The molecule has 184 valence electrons. The molecule has 2 heterocycles. The topological polar surface area (TPSA) is 114 Å². The van der Waals surface area contributed by atoms with Gasteiger partial charge in [-0.3, -0.25) is 14.6 Å². The van der Waals surface area contributed by atoms with Crippen molar-refractivity contribution in [3.63, 3.8) is 0 Å². The molecule has 9 nitrogen and oxygen atoms in total. The van der Waals surface area contributed by atoms with Crippen LogP contribution in [0.3, 0.4) is 0 Å². The monoisotopic (exact) mass is 469 g/mol. The molecule has 4 saturated carbocycles. The third-order valence-electron chi connectivity index (χ3n) is 7.69. The zero-order valence-corrected chi connectivity index (χ0v) is 19.8. The third-order valence-corrected chi connectivity index (χ3v) is 7.69. The van der Waals surface area contributed by atoms with E-state index in [4.69, 9.17) is 9.57 Å². The predicted octanol–water partition coefficient (Wildman–Crippen LogP) is 2.95. The van der Waals surface area contributed by atoms with Crippen molar-refractivity contribution < 1.29 is 19.2 Å². The van der Waals surface area contributed by atoms with Crippen molar-refractivity contribution >= 4 is 23.7 Å². The van der Waals surface area contributed by atoms with Crippen LogP contribution in [-0.4, -0.2) is 46.3 Å². The van der Waals surface area contributed by atoms with Crippen LogP contribution in [-0.2, 0) is 19.2 Å². The molecule has 1 saturated heterocycles. The number of nitrogens with one attached hydrogen (secondary N) is 3. The van der Waals surface area contributed by atoms with Crippen LogP contribution >= 0.6 is 0 Å². The summed E-state index contributed by atoms with van der Waals surface area (Å²) in [7, 11) is 0. The highest BCUT2D eigenvalue weighted by Crippen LogP contribution is 2.55. The largest absolute Gasteiger partial charge is 0.357 e. The fourth-order valence-corrected chi connectivity index (χ4v) is 6.54. The van der Waals surface area contributed by atoms with E-state index in [2.05, 4.69) is 26.1 Å². The first-order valence-electron chi connectivity index (χ1n) is 12.6. The van der Waals surface area contributed by atoms with Gasteiger partial charge >= 0.3 is 0 Å². The maximum absolute atomic E-state index is 13.0. The summed E-state index contributed by atoms with van der Waals surface area (Å²) in [4.78, 5) is 38.8. The van der Waals surface area contributed by atoms with Gasteiger partial charge in [0.2, 0.25) is 5.91 Å². The summed E-state index contributed by atoms with van der Waals surface area (Å²) in [6.07, 6.45) is 15.9. The summed E-state index contributed by atoms with van der Waals surface area (Å²) in [5.74, 6) is 2.51. The molecule has 6 rings (SSSR count). The molecule has 2 atom stereocenters. The third kappa shape index (κ3) is 5.58. The van der Waals surface area contributed by atoms with Gasteiger partial charge in [-0.1, -0.05) is 0 Å². The lowest BCUT2D eigenvalue weighted by Crippen LogP contribution is -2.61. The number of ether oxygens (including phenoxy) is 1. The summed E-state index contributed by atoms with van der Waals surface area (Å²) in [6.45, 7) is 2.50. The summed E-state index contributed by atoms with van der Waals surface area (Å²) in [5, 5.41) is 6.55. The van der Waals surface area contributed by atoms with E-state index in [1.165, 1.54) is 25.3 Å². The molecule has 34 heavy (non-hydrogen) atoms. The number of carbonyl (C=O) groups is 2. The molecule has 3 N–H and O–H groups in total. The second-order valence-corrected chi connectivity index (χ2v) is 10.6. The van der Waals surface area contributed by atoms with Crippen LogP contribution in [0.4, 0.5) is 5.82 Å². The molecule has 1 aliphatic heterocycles. The lowest BCUT2D eigenvalue weighted by atomic mass is 9.53. The summed E-state index contributed by atoms with van der Waals surface area (Å²) < 4.78 is 5.40. The van der Waals surface area contributed by atoms with E-state index in [9.17, 15) is 9.59 Å². The average molecular weight is 470 g/mol. The Bertz CT molecular complexity index is 877. The minimum Gasteiger partial charge on any atom is -0.357 e. The van der Waals surface area contributed by atoms with Crippen molar-refractivity contribution in [3.8, 4) is 0 Å². The second-order valence-electron chi connectivity index (χ2n) is 10.6. The SMILES string of the molecule is C[C@@H](Nc1cnc(/C=C/C(=O)NOC2CCCCO2)cn1)C(=O)NC12CC3CC(CC(C3)C1)C2. The molecule has 1 aromatic rings. The van der Waals surface area contributed by atoms with Gasteiger partial charge in [0.15, 0.2) is 6.29 Å². The van der Waals surface area contributed by atoms with Gasteiger partial charge < -0.3 is 15.4 Å². The Morgan fingerprint density at radius 3 is 2.47 bits per heavy atom. The highest BCUT2D eigenvalue weighted by atomic mass is 16.8. The minimum atomic E-state index is -0.409. The number of hydroxylamine groups is 1. The molecule has 1 aromatic heterocycles. The Kier molecular flexibility index (Phi) is 6.83. The highest BCUT2D eigenvalue weighted by molar-refractivity contribution is 5.90. The summed E-state index contributed by atoms with van der Waals surface area (Å²) in [5.41, 5.74) is 2.89. The molecule has 2 amide bonds. The van der Waals surface area contributed by atoms with E-state index in [-0.39, 0.29) is 11.4 Å². The molecule has 9 heteroatoms. The van der Waals surface area contributed by atoms with Crippen LogP contribution in [0.25, 0.3) is 6.08 Å². The van der Waals surface area contributed by atoms with Gasteiger partial charge in [-0.25, -0.2) is 15.3 Å². The first-order chi connectivity index (χ1) is 16.5.